The van der Waals surface area contributed by atoms with Gasteiger partial charge in [0.05, 0.1) is 6.54 Å². The fraction of sp³-hybridized carbons (Fsp3) is 0.778. The second-order valence-corrected chi connectivity index (χ2v) is 3.70. The molecule has 0 bridgehead atoms. The standard InChI is InChI=1S/C9H18N2O4/c1-4-10-7(12)5-11(3)6-9(2,15)8(13)14/h15H,4-6H2,1-3H3,(H,10,12)(H,13,14). The lowest BCUT2D eigenvalue weighted by atomic mass is 10.1. The van der Waals surface area contributed by atoms with Gasteiger partial charge in [0.2, 0.25) is 5.91 Å². The zero-order chi connectivity index (χ0) is 12.1. The van der Waals surface area contributed by atoms with E-state index in [-0.39, 0.29) is 19.0 Å². The number of carbonyl (C=O) groups excluding carboxylic acids is 1. The normalized spacial score (nSPS) is 14.7. The number of likely N-dealkylation sites (N-methyl/N-ethyl adjacent to an activating group) is 2. The van der Waals surface area contributed by atoms with Crippen LogP contribution in [0.2, 0.25) is 0 Å². The Hall–Kier alpha value is -1.14. The van der Waals surface area contributed by atoms with Crippen molar-refractivity contribution in [3.63, 3.8) is 0 Å². The fourth-order valence-corrected chi connectivity index (χ4v) is 1.15. The van der Waals surface area contributed by atoms with Crippen LogP contribution >= 0.6 is 0 Å². The number of carboxylic acids is 1. The van der Waals surface area contributed by atoms with E-state index in [1.54, 1.807) is 14.0 Å². The maximum absolute atomic E-state index is 11.1. The number of carbonyl (C=O) groups is 2. The van der Waals surface area contributed by atoms with Gasteiger partial charge in [0.25, 0.3) is 0 Å². The minimum Gasteiger partial charge on any atom is -0.479 e. The molecule has 6 heteroatoms. The van der Waals surface area contributed by atoms with Gasteiger partial charge in [0.1, 0.15) is 0 Å². The number of hydrogen-bond acceptors (Lipinski definition) is 4. The van der Waals surface area contributed by atoms with Crippen molar-refractivity contribution in [1.29, 1.82) is 0 Å². The number of carboxylic acid groups (broad SMARTS) is 1. The molecule has 3 N–H and O–H groups in total. The predicted octanol–water partition coefficient (Wildman–Crippen LogP) is -1.11. The van der Waals surface area contributed by atoms with Gasteiger partial charge in [0, 0.05) is 13.1 Å². The van der Waals surface area contributed by atoms with Crippen LogP contribution in [0, 0.1) is 0 Å². The molecule has 0 aliphatic carbocycles. The summed E-state index contributed by atoms with van der Waals surface area (Å²) in [6.07, 6.45) is 0. The van der Waals surface area contributed by atoms with Crippen molar-refractivity contribution >= 4 is 11.9 Å². The minimum absolute atomic E-state index is 0.0667. The molecule has 0 saturated carbocycles. The highest BCUT2D eigenvalue weighted by Crippen LogP contribution is 2.04. The second-order valence-electron chi connectivity index (χ2n) is 3.70. The van der Waals surface area contributed by atoms with Gasteiger partial charge < -0.3 is 15.5 Å². The van der Waals surface area contributed by atoms with Crippen molar-refractivity contribution in [3.8, 4) is 0 Å². The SMILES string of the molecule is CCNC(=O)CN(C)CC(C)(O)C(=O)O. The molecule has 0 spiro atoms. The second kappa shape index (κ2) is 5.67. The summed E-state index contributed by atoms with van der Waals surface area (Å²) in [5, 5.41) is 20.7. The van der Waals surface area contributed by atoms with Gasteiger partial charge in [-0.15, -0.1) is 0 Å². The average Bonchev–Trinajstić information content (AvgIpc) is 2.02. The molecule has 1 amide bonds. The molecule has 1 unspecified atom stereocenters. The summed E-state index contributed by atoms with van der Waals surface area (Å²) in [5.74, 6) is -1.49. The van der Waals surface area contributed by atoms with Crippen LogP contribution in [0.25, 0.3) is 0 Å². The van der Waals surface area contributed by atoms with Crippen molar-refractivity contribution in [2.45, 2.75) is 19.4 Å². The van der Waals surface area contributed by atoms with E-state index < -0.39 is 11.6 Å². The van der Waals surface area contributed by atoms with E-state index in [4.69, 9.17) is 5.11 Å². The van der Waals surface area contributed by atoms with E-state index in [2.05, 4.69) is 5.32 Å². The summed E-state index contributed by atoms with van der Waals surface area (Å²) in [7, 11) is 1.58. The Morgan fingerprint density at radius 1 is 1.47 bits per heavy atom. The lowest BCUT2D eigenvalue weighted by Gasteiger charge is -2.24. The monoisotopic (exact) mass is 218 g/mol. The van der Waals surface area contributed by atoms with E-state index in [9.17, 15) is 14.7 Å². The maximum atomic E-state index is 11.1. The zero-order valence-electron chi connectivity index (χ0n) is 9.28. The fourth-order valence-electron chi connectivity index (χ4n) is 1.15. The molecule has 0 saturated heterocycles. The van der Waals surface area contributed by atoms with Crippen LogP contribution < -0.4 is 5.32 Å². The van der Waals surface area contributed by atoms with E-state index in [0.29, 0.717) is 6.54 Å². The molecule has 0 rings (SSSR count). The highest BCUT2D eigenvalue weighted by Gasteiger charge is 2.31. The van der Waals surface area contributed by atoms with Gasteiger partial charge in [-0.2, -0.15) is 0 Å². The van der Waals surface area contributed by atoms with E-state index in [0.717, 1.165) is 0 Å². The van der Waals surface area contributed by atoms with Gasteiger partial charge in [0.15, 0.2) is 5.60 Å². The Labute approximate surface area is 88.9 Å². The molecule has 0 fully saturated rings. The zero-order valence-corrected chi connectivity index (χ0v) is 9.28. The summed E-state index contributed by atoms with van der Waals surface area (Å²) in [6.45, 7) is 3.49. The summed E-state index contributed by atoms with van der Waals surface area (Å²) in [6, 6.07) is 0. The molecular formula is C9H18N2O4. The van der Waals surface area contributed by atoms with E-state index in [1.165, 1.54) is 11.8 Å². The molecule has 0 aromatic carbocycles. The first-order valence-corrected chi connectivity index (χ1v) is 4.70. The van der Waals surface area contributed by atoms with Crippen LogP contribution in [0.4, 0.5) is 0 Å². The number of nitrogens with zero attached hydrogens (tertiary/aromatic N) is 1. The molecule has 1 atom stereocenters. The van der Waals surface area contributed by atoms with Crippen LogP contribution in [0.15, 0.2) is 0 Å². The Balaban J connectivity index is 4.08. The Morgan fingerprint density at radius 2 is 2.00 bits per heavy atom. The molecular weight excluding hydrogens is 200 g/mol. The Bertz CT molecular complexity index is 240. The number of aliphatic carboxylic acids is 1. The van der Waals surface area contributed by atoms with Crippen molar-refractivity contribution in [3.05, 3.63) is 0 Å². The van der Waals surface area contributed by atoms with Crippen molar-refractivity contribution in [1.82, 2.24) is 10.2 Å². The molecule has 0 aromatic rings. The third kappa shape index (κ3) is 5.34. The molecule has 88 valence electrons. The maximum Gasteiger partial charge on any atom is 0.336 e. The first-order chi connectivity index (χ1) is 6.79. The van der Waals surface area contributed by atoms with Gasteiger partial charge in [-0.25, -0.2) is 4.79 Å². The number of hydrogen-bond donors (Lipinski definition) is 3. The van der Waals surface area contributed by atoms with Gasteiger partial charge in [-0.3, -0.25) is 9.69 Å². The third-order valence-corrected chi connectivity index (χ3v) is 1.83. The van der Waals surface area contributed by atoms with Gasteiger partial charge in [-0.1, -0.05) is 0 Å². The average molecular weight is 218 g/mol. The molecule has 15 heavy (non-hydrogen) atoms. The molecule has 0 aliphatic heterocycles. The third-order valence-electron chi connectivity index (χ3n) is 1.83. The number of amides is 1. The van der Waals surface area contributed by atoms with Gasteiger partial charge >= 0.3 is 5.97 Å². The largest absolute Gasteiger partial charge is 0.479 e. The van der Waals surface area contributed by atoms with Crippen LogP contribution in [-0.2, 0) is 9.59 Å². The van der Waals surface area contributed by atoms with Crippen LogP contribution in [0.1, 0.15) is 13.8 Å². The van der Waals surface area contributed by atoms with Crippen molar-refractivity contribution in [2.75, 3.05) is 26.7 Å². The molecule has 0 aliphatic rings. The Kier molecular flexibility index (Phi) is 5.24. The van der Waals surface area contributed by atoms with Crippen LogP contribution in [0.3, 0.4) is 0 Å². The number of aliphatic hydroxyl groups is 1. The highest BCUT2D eigenvalue weighted by atomic mass is 16.4. The van der Waals surface area contributed by atoms with E-state index >= 15 is 0 Å². The van der Waals surface area contributed by atoms with Crippen LogP contribution in [-0.4, -0.2) is 59.3 Å². The lowest BCUT2D eigenvalue weighted by Crippen LogP contribution is -2.47. The van der Waals surface area contributed by atoms with Crippen LogP contribution in [0.5, 0.6) is 0 Å². The quantitative estimate of drug-likeness (QED) is 0.526. The van der Waals surface area contributed by atoms with E-state index in [1.807, 2.05) is 0 Å². The highest BCUT2D eigenvalue weighted by molar-refractivity contribution is 5.79. The lowest BCUT2D eigenvalue weighted by molar-refractivity contribution is -0.158. The summed E-state index contributed by atoms with van der Waals surface area (Å²) >= 11 is 0. The smallest absolute Gasteiger partial charge is 0.336 e. The first-order valence-electron chi connectivity index (χ1n) is 4.70. The first kappa shape index (κ1) is 13.9. The predicted molar refractivity (Wildman–Crippen MR) is 54.4 cm³/mol. The molecule has 6 nitrogen and oxygen atoms in total. The summed E-state index contributed by atoms with van der Waals surface area (Å²) < 4.78 is 0. The molecule has 0 aromatic heterocycles. The molecule has 0 radical (unpaired) electrons. The molecule has 0 heterocycles. The summed E-state index contributed by atoms with van der Waals surface area (Å²) in [4.78, 5) is 23.2. The number of nitrogens with one attached hydrogen (secondary N) is 1. The minimum atomic E-state index is -1.83. The Morgan fingerprint density at radius 3 is 2.40 bits per heavy atom. The van der Waals surface area contributed by atoms with Crippen molar-refractivity contribution < 1.29 is 19.8 Å². The number of rotatable bonds is 6. The topological polar surface area (TPSA) is 89.9 Å². The van der Waals surface area contributed by atoms with Crippen molar-refractivity contribution in [2.24, 2.45) is 0 Å². The summed E-state index contributed by atoms with van der Waals surface area (Å²) in [5.41, 5.74) is -1.83. The van der Waals surface area contributed by atoms with Gasteiger partial charge in [-0.05, 0) is 20.9 Å².